The van der Waals surface area contributed by atoms with Crippen LogP contribution in [0.25, 0.3) is 0 Å². The lowest BCUT2D eigenvalue weighted by molar-refractivity contribution is 0.169. The molecule has 0 amide bonds. The lowest BCUT2D eigenvalue weighted by atomic mass is 9.79. The topological polar surface area (TPSA) is 37.4 Å². The summed E-state index contributed by atoms with van der Waals surface area (Å²) in [7, 11) is -3.36. The van der Waals surface area contributed by atoms with Crippen molar-refractivity contribution in [2.24, 2.45) is 5.41 Å². The van der Waals surface area contributed by atoms with Crippen molar-refractivity contribution >= 4 is 26.0 Å². The second kappa shape index (κ2) is 5.54. The molecule has 0 atom stereocenters. The first-order chi connectivity index (χ1) is 8.89. The van der Waals surface area contributed by atoms with Crippen molar-refractivity contribution in [2.75, 3.05) is 13.1 Å². The van der Waals surface area contributed by atoms with Gasteiger partial charge in [-0.15, -0.1) is 0 Å². The van der Waals surface area contributed by atoms with Crippen molar-refractivity contribution in [1.82, 2.24) is 4.31 Å². The number of piperidine rings is 1. The van der Waals surface area contributed by atoms with Crippen LogP contribution in [0.5, 0.6) is 0 Å². The van der Waals surface area contributed by atoms with Crippen LogP contribution in [0.15, 0.2) is 33.6 Å². The minimum absolute atomic E-state index is 0.292. The molecule has 0 unspecified atom stereocenters. The molecule has 0 aromatic heterocycles. The van der Waals surface area contributed by atoms with Crippen LogP contribution in [0.3, 0.4) is 0 Å². The monoisotopic (exact) mass is 345 g/mol. The second-order valence-corrected chi connectivity index (χ2v) is 8.26. The van der Waals surface area contributed by atoms with E-state index in [0.717, 1.165) is 19.3 Å². The molecule has 5 heteroatoms. The van der Waals surface area contributed by atoms with Gasteiger partial charge in [0.1, 0.15) is 0 Å². The van der Waals surface area contributed by atoms with E-state index >= 15 is 0 Å². The fourth-order valence-electron chi connectivity index (χ4n) is 2.41. The molecule has 2 rings (SSSR count). The van der Waals surface area contributed by atoms with Crippen LogP contribution in [-0.2, 0) is 10.0 Å². The maximum atomic E-state index is 12.6. The summed E-state index contributed by atoms with van der Waals surface area (Å²) in [4.78, 5) is 0.370. The second-order valence-electron chi connectivity index (χ2n) is 5.50. The van der Waals surface area contributed by atoms with Crippen molar-refractivity contribution in [3.05, 3.63) is 28.7 Å². The molecule has 1 aliphatic heterocycles. The molecule has 1 heterocycles. The van der Waals surface area contributed by atoms with Gasteiger partial charge in [0.05, 0.1) is 4.90 Å². The predicted molar refractivity (Wildman–Crippen MR) is 80.5 cm³/mol. The number of nitrogens with zero attached hydrogens (tertiary/aromatic N) is 1. The number of sulfonamides is 1. The summed E-state index contributed by atoms with van der Waals surface area (Å²) in [6, 6.07) is 7.02. The molecular formula is C14H20BrNO2S. The van der Waals surface area contributed by atoms with Gasteiger partial charge in [0.15, 0.2) is 0 Å². The summed E-state index contributed by atoms with van der Waals surface area (Å²) in [5.74, 6) is 0. The summed E-state index contributed by atoms with van der Waals surface area (Å²) < 4.78 is 27.5. The van der Waals surface area contributed by atoms with Gasteiger partial charge in [-0.25, -0.2) is 8.42 Å². The van der Waals surface area contributed by atoms with Crippen LogP contribution in [-0.4, -0.2) is 25.8 Å². The molecule has 3 nitrogen and oxygen atoms in total. The molecule has 0 N–H and O–H groups in total. The van der Waals surface area contributed by atoms with Crippen molar-refractivity contribution in [3.63, 3.8) is 0 Å². The van der Waals surface area contributed by atoms with E-state index in [0.29, 0.717) is 27.9 Å². The fraction of sp³-hybridized carbons (Fsp3) is 0.571. The van der Waals surface area contributed by atoms with Crippen molar-refractivity contribution in [2.45, 2.75) is 38.0 Å². The largest absolute Gasteiger partial charge is 0.244 e. The highest BCUT2D eigenvalue weighted by atomic mass is 79.9. The van der Waals surface area contributed by atoms with Gasteiger partial charge in [0, 0.05) is 17.6 Å². The first-order valence-electron chi connectivity index (χ1n) is 6.64. The third kappa shape index (κ3) is 3.03. The molecule has 1 aromatic rings. The number of halogens is 1. The lowest BCUT2D eigenvalue weighted by Gasteiger charge is -2.38. The minimum atomic E-state index is -3.36. The Kier molecular flexibility index (Phi) is 4.38. The van der Waals surface area contributed by atoms with Gasteiger partial charge in [0.2, 0.25) is 10.0 Å². The van der Waals surface area contributed by atoms with E-state index in [4.69, 9.17) is 0 Å². The first-order valence-corrected chi connectivity index (χ1v) is 8.87. The van der Waals surface area contributed by atoms with E-state index < -0.39 is 10.0 Å². The molecule has 1 aliphatic rings. The Bertz CT molecular complexity index is 548. The fourth-order valence-corrected chi connectivity index (χ4v) is 4.82. The van der Waals surface area contributed by atoms with Crippen LogP contribution >= 0.6 is 15.9 Å². The third-order valence-corrected chi connectivity index (χ3v) is 7.15. The average Bonchev–Trinajstić information content (AvgIpc) is 2.39. The normalized spacial score (nSPS) is 20.4. The predicted octanol–water partition coefficient (Wildman–Crippen LogP) is 3.65. The number of hydrogen-bond donors (Lipinski definition) is 0. The van der Waals surface area contributed by atoms with E-state index in [1.54, 1.807) is 22.5 Å². The Balaban J connectivity index is 2.22. The zero-order valence-electron chi connectivity index (χ0n) is 11.4. The molecule has 106 valence electrons. The summed E-state index contributed by atoms with van der Waals surface area (Å²) in [5, 5.41) is 0. The van der Waals surface area contributed by atoms with Gasteiger partial charge in [0.25, 0.3) is 0 Å². The third-order valence-electron chi connectivity index (χ3n) is 4.24. The highest BCUT2D eigenvalue weighted by molar-refractivity contribution is 9.10. The van der Waals surface area contributed by atoms with Crippen LogP contribution in [0.4, 0.5) is 0 Å². The van der Waals surface area contributed by atoms with E-state index in [2.05, 4.69) is 29.8 Å². The number of hydrogen-bond acceptors (Lipinski definition) is 2. The maximum Gasteiger partial charge on any atom is 0.244 e. The Morgan fingerprint density at radius 2 is 1.84 bits per heavy atom. The van der Waals surface area contributed by atoms with Gasteiger partial charge < -0.3 is 0 Å². The van der Waals surface area contributed by atoms with Crippen LogP contribution in [0, 0.1) is 5.41 Å². The summed E-state index contributed by atoms with van der Waals surface area (Å²) >= 11 is 3.33. The molecule has 0 aliphatic carbocycles. The Morgan fingerprint density at radius 3 is 2.37 bits per heavy atom. The Morgan fingerprint density at radius 1 is 1.26 bits per heavy atom. The van der Waals surface area contributed by atoms with Crippen LogP contribution in [0.1, 0.15) is 33.1 Å². The molecule has 0 spiro atoms. The van der Waals surface area contributed by atoms with E-state index in [1.807, 2.05) is 6.07 Å². The quantitative estimate of drug-likeness (QED) is 0.838. The van der Waals surface area contributed by atoms with Crippen molar-refractivity contribution in [3.8, 4) is 0 Å². The van der Waals surface area contributed by atoms with Crippen molar-refractivity contribution < 1.29 is 8.42 Å². The van der Waals surface area contributed by atoms with Gasteiger partial charge in [-0.2, -0.15) is 4.31 Å². The highest BCUT2D eigenvalue weighted by Gasteiger charge is 2.34. The maximum absolute atomic E-state index is 12.6. The van der Waals surface area contributed by atoms with E-state index in [1.165, 1.54) is 0 Å². The van der Waals surface area contributed by atoms with Gasteiger partial charge >= 0.3 is 0 Å². The molecule has 1 fully saturated rings. The average molecular weight is 346 g/mol. The smallest absolute Gasteiger partial charge is 0.207 e. The van der Waals surface area contributed by atoms with Crippen LogP contribution in [0.2, 0.25) is 0 Å². The molecule has 19 heavy (non-hydrogen) atoms. The zero-order chi connectivity index (χ0) is 14.1. The van der Waals surface area contributed by atoms with Gasteiger partial charge in [-0.05, 0) is 46.3 Å². The lowest BCUT2D eigenvalue weighted by Crippen LogP contribution is -2.41. The molecule has 1 saturated heterocycles. The van der Waals surface area contributed by atoms with Gasteiger partial charge in [-0.3, -0.25) is 0 Å². The number of benzene rings is 1. The Hall–Kier alpha value is -0.390. The molecule has 0 radical (unpaired) electrons. The Labute approximate surface area is 124 Å². The standard InChI is InChI=1S/C14H20BrNO2S/c1-3-14(2)8-10-16(11-9-14)19(17,18)13-7-5-4-6-12(13)15/h4-7H,3,8-11H2,1-2H3. The summed E-state index contributed by atoms with van der Waals surface area (Å²) in [6.45, 7) is 5.66. The molecular weight excluding hydrogens is 326 g/mol. The molecule has 1 aromatic carbocycles. The highest BCUT2D eigenvalue weighted by Crippen LogP contribution is 2.36. The minimum Gasteiger partial charge on any atom is -0.207 e. The van der Waals surface area contributed by atoms with E-state index in [9.17, 15) is 8.42 Å². The first kappa shape index (κ1) is 15.0. The zero-order valence-corrected chi connectivity index (χ0v) is 13.8. The summed E-state index contributed by atoms with van der Waals surface area (Å²) in [5.41, 5.74) is 0.292. The SMILES string of the molecule is CCC1(C)CCN(S(=O)(=O)c2ccccc2Br)CC1. The molecule has 0 bridgehead atoms. The van der Waals surface area contributed by atoms with Crippen molar-refractivity contribution in [1.29, 1.82) is 0 Å². The molecule has 0 saturated carbocycles. The van der Waals surface area contributed by atoms with Crippen LogP contribution < -0.4 is 0 Å². The van der Waals surface area contributed by atoms with Gasteiger partial charge in [-0.1, -0.05) is 32.4 Å². The summed E-state index contributed by atoms with van der Waals surface area (Å²) in [6.07, 6.45) is 2.98. The number of rotatable bonds is 3. The van der Waals surface area contributed by atoms with E-state index in [-0.39, 0.29) is 0 Å².